The Bertz CT molecular complexity index is 1360. The zero-order chi connectivity index (χ0) is 23.2. The van der Waals surface area contributed by atoms with E-state index in [1.54, 1.807) is 35.1 Å². The number of carbonyl (C=O) groups is 1. The highest BCUT2D eigenvalue weighted by Crippen LogP contribution is 2.31. The quantitative estimate of drug-likeness (QED) is 0.585. The summed E-state index contributed by atoms with van der Waals surface area (Å²) < 4.78 is 4.45. The number of nitrogens with zero attached hydrogens (tertiary/aromatic N) is 4. The van der Waals surface area contributed by atoms with Gasteiger partial charge in [-0.25, -0.2) is 9.59 Å². The lowest BCUT2D eigenvalue weighted by atomic mass is 9.88. The summed E-state index contributed by atoms with van der Waals surface area (Å²) >= 11 is 0. The second kappa shape index (κ2) is 7.94. The van der Waals surface area contributed by atoms with Gasteiger partial charge in [0.2, 0.25) is 5.91 Å². The molecule has 4 rings (SSSR count). The third-order valence-corrected chi connectivity index (χ3v) is 6.50. The number of piperidine rings is 1. The molecule has 2 N–H and O–H groups in total. The Labute approximate surface area is 183 Å². The van der Waals surface area contributed by atoms with Crippen molar-refractivity contribution in [3.8, 4) is 0 Å². The van der Waals surface area contributed by atoms with Crippen LogP contribution in [0, 0.1) is 0 Å². The molecule has 1 saturated heterocycles. The van der Waals surface area contributed by atoms with Crippen molar-refractivity contribution in [3.05, 3.63) is 67.3 Å². The van der Waals surface area contributed by atoms with E-state index in [2.05, 4.69) is 4.98 Å². The summed E-state index contributed by atoms with van der Waals surface area (Å²) in [7, 11) is 3.45. The number of likely N-dealkylation sites (tertiary alicyclic amines) is 1. The first-order chi connectivity index (χ1) is 15.1. The smallest absolute Gasteiger partial charge is 0.328 e. The van der Waals surface area contributed by atoms with Crippen LogP contribution in [0.1, 0.15) is 31.4 Å². The minimum Gasteiger partial charge on any atom is -0.388 e. The third-order valence-electron chi connectivity index (χ3n) is 6.50. The summed E-state index contributed by atoms with van der Waals surface area (Å²) in [4.78, 5) is 52.5. The van der Waals surface area contributed by atoms with Gasteiger partial charge in [0.1, 0.15) is 0 Å². The maximum Gasteiger partial charge on any atom is 0.328 e. The van der Waals surface area contributed by atoms with Gasteiger partial charge >= 0.3 is 11.4 Å². The van der Waals surface area contributed by atoms with Crippen molar-refractivity contribution < 1.29 is 9.90 Å². The Morgan fingerprint density at radius 2 is 1.88 bits per heavy atom. The average Bonchev–Trinajstić information content (AvgIpc) is 2.96. The number of benzene rings is 1. The number of aromatic amines is 1. The predicted octanol–water partition coefficient (Wildman–Crippen LogP) is -0.116. The van der Waals surface area contributed by atoms with Gasteiger partial charge in [-0.05, 0) is 37.5 Å². The zero-order valence-corrected chi connectivity index (χ0v) is 18.4. The van der Waals surface area contributed by atoms with Crippen LogP contribution in [0.4, 0.5) is 0 Å². The maximum absolute atomic E-state index is 12.9. The van der Waals surface area contributed by atoms with E-state index in [0.717, 1.165) is 16.6 Å². The fourth-order valence-corrected chi connectivity index (χ4v) is 4.43. The van der Waals surface area contributed by atoms with Gasteiger partial charge in [0, 0.05) is 45.9 Å². The standard InChI is InChI=1S/C22H27N5O5/c1-22(32)9-11-26(13-17(22)27-10-8-18(28)23-20(27)30)19(29)7-5-14-4-6-15-16(12-14)25(3)21(31)24(15)2/h4,6,8,10,12,17,32H,5,7,9,11,13H2,1-3H3,(H,23,28,30)/t17-,22-/m1/s1. The van der Waals surface area contributed by atoms with Gasteiger partial charge in [-0.2, -0.15) is 0 Å². The van der Waals surface area contributed by atoms with Gasteiger partial charge in [0.05, 0.1) is 22.7 Å². The maximum atomic E-state index is 12.9. The van der Waals surface area contributed by atoms with E-state index >= 15 is 0 Å². The van der Waals surface area contributed by atoms with E-state index in [1.807, 2.05) is 18.2 Å². The SMILES string of the molecule is Cn1c(=O)n(C)c2cc(CCC(=O)N3CC[C@@](C)(O)[C@H](n4ccc(=O)[nH]c4=O)C3)ccc21. The molecule has 1 aromatic carbocycles. The number of fused-ring (bicyclic) bond motifs is 1. The Hall–Kier alpha value is -3.40. The molecule has 32 heavy (non-hydrogen) atoms. The van der Waals surface area contributed by atoms with Crippen molar-refractivity contribution in [1.29, 1.82) is 0 Å². The van der Waals surface area contributed by atoms with E-state index in [-0.39, 0.29) is 24.6 Å². The fraction of sp³-hybridized carbons (Fsp3) is 0.455. The van der Waals surface area contributed by atoms with Gasteiger partial charge in [-0.3, -0.25) is 28.3 Å². The second-order valence-electron chi connectivity index (χ2n) is 8.70. The Balaban J connectivity index is 1.49. The molecule has 0 spiro atoms. The first kappa shape index (κ1) is 21.8. The van der Waals surface area contributed by atoms with Crippen molar-refractivity contribution in [3.63, 3.8) is 0 Å². The van der Waals surface area contributed by atoms with Crippen molar-refractivity contribution in [1.82, 2.24) is 23.6 Å². The van der Waals surface area contributed by atoms with Gasteiger partial charge in [0.25, 0.3) is 5.56 Å². The second-order valence-corrected chi connectivity index (χ2v) is 8.70. The lowest BCUT2D eigenvalue weighted by molar-refractivity contribution is -0.138. The van der Waals surface area contributed by atoms with Crippen LogP contribution >= 0.6 is 0 Å². The average molecular weight is 441 g/mol. The van der Waals surface area contributed by atoms with Crippen molar-refractivity contribution in [2.45, 2.75) is 37.8 Å². The van der Waals surface area contributed by atoms with Crippen molar-refractivity contribution >= 4 is 16.9 Å². The molecule has 0 saturated carbocycles. The third kappa shape index (κ3) is 3.81. The molecule has 0 aliphatic carbocycles. The molecule has 2 aromatic heterocycles. The van der Waals surface area contributed by atoms with Crippen LogP contribution in [-0.2, 0) is 25.3 Å². The molecule has 3 aromatic rings. The van der Waals surface area contributed by atoms with E-state index in [4.69, 9.17) is 0 Å². The number of aromatic nitrogens is 4. The molecule has 0 unspecified atom stereocenters. The number of carbonyl (C=O) groups excluding carboxylic acids is 1. The van der Waals surface area contributed by atoms with Crippen LogP contribution < -0.4 is 16.9 Å². The molecular formula is C22H27N5O5. The normalized spacial score (nSPS) is 21.2. The van der Waals surface area contributed by atoms with E-state index < -0.39 is 22.9 Å². The number of aryl methyl sites for hydroxylation is 3. The molecule has 3 heterocycles. The summed E-state index contributed by atoms with van der Waals surface area (Å²) in [5.41, 5.74) is 0.180. The first-order valence-electron chi connectivity index (χ1n) is 10.5. The van der Waals surface area contributed by atoms with Crippen LogP contribution in [0.25, 0.3) is 11.0 Å². The largest absolute Gasteiger partial charge is 0.388 e. The first-order valence-corrected chi connectivity index (χ1v) is 10.5. The van der Waals surface area contributed by atoms with Gasteiger partial charge in [-0.15, -0.1) is 0 Å². The number of amides is 1. The summed E-state index contributed by atoms with van der Waals surface area (Å²) in [6.45, 7) is 2.19. The molecule has 1 aliphatic rings. The van der Waals surface area contributed by atoms with Crippen molar-refractivity contribution in [2.24, 2.45) is 14.1 Å². The summed E-state index contributed by atoms with van der Waals surface area (Å²) in [5, 5.41) is 10.8. The van der Waals surface area contributed by atoms with Crippen LogP contribution in [0.5, 0.6) is 0 Å². The monoisotopic (exact) mass is 441 g/mol. The molecule has 10 nitrogen and oxygen atoms in total. The number of imidazole rings is 1. The minimum absolute atomic E-state index is 0.0787. The summed E-state index contributed by atoms with van der Waals surface area (Å²) in [6, 6.07) is 6.28. The number of hydrogen-bond donors (Lipinski definition) is 2. The summed E-state index contributed by atoms with van der Waals surface area (Å²) in [5.74, 6) is -0.0787. The van der Waals surface area contributed by atoms with Crippen LogP contribution in [0.2, 0.25) is 0 Å². The molecular weight excluding hydrogens is 414 g/mol. The van der Waals surface area contributed by atoms with Crippen LogP contribution in [0.3, 0.4) is 0 Å². The molecule has 0 bridgehead atoms. The lowest BCUT2D eigenvalue weighted by Gasteiger charge is -2.43. The minimum atomic E-state index is -1.19. The highest BCUT2D eigenvalue weighted by atomic mass is 16.3. The molecule has 10 heteroatoms. The molecule has 0 radical (unpaired) electrons. The van der Waals surface area contributed by atoms with Crippen molar-refractivity contribution in [2.75, 3.05) is 13.1 Å². The number of H-pyrrole nitrogens is 1. The number of nitrogens with one attached hydrogen (secondary N) is 1. The molecule has 1 fully saturated rings. The molecule has 1 aliphatic heterocycles. The predicted molar refractivity (Wildman–Crippen MR) is 119 cm³/mol. The number of aliphatic hydroxyl groups is 1. The zero-order valence-electron chi connectivity index (χ0n) is 18.4. The topological polar surface area (TPSA) is 122 Å². The molecule has 2 atom stereocenters. The highest BCUT2D eigenvalue weighted by Gasteiger charge is 2.40. The van der Waals surface area contributed by atoms with E-state index in [1.165, 1.54) is 16.8 Å². The fourth-order valence-electron chi connectivity index (χ4n) is 4.43. The van der Waals surface area contributed by atoms with Crippen LogP contribution in [-0.4, -0.2) is 53.3 Å². The Morgan fingerprint density at radius 1 is 1.16 bits per heavy atom. The molecule has 170 valence electrons. The van der Waals surface area contributed by atoms with Crippen LogP contribution in [0.15, 0.2) is 44.8 Å². The number of hydrogen-bond acceptors (Lipinski definition) is 5. The highest BCUT2D eigenvalue weighted by molar-refractivity contribution is 5.78. The molecule has 1 amide bonds. The van der Waals surface area contributed by atoms with Gasteiger partial charge in [-0.1, -0.05) is 6.07 Å². The Kier molecular flexibility index (Phi) is 5.41. The lowest BCUT2D eigenvalue weighted by Crippen LogP contribution is -2.55. The van der Waals surface area contributed by atoms with E-state index in [9.17, 15) is 24.3 Å². The summed E-state index contributed by atoms with van der Waals surface area (Å²) in [6.07, 6.45) is 2.44. The van der Waals surface area contributed by atoms with E-state index in [0.29, 0.717) is 19.4 Å². The van der Waals surface area contributed by atoms with Gasteiger partial charge in [0.15, 0.2) is 0 Å². The number of rotatable bonds is 4. The Morgan fingerprint density at radius 3 is 2.59 bits per heavy atom. The van der Waals surface area contributed by atoms with Gasteiger partial charge < -0.3 is 10.0 Å².